The number of halogens is 1. The van der Waals surface area contributed by atoms with Crippen molar-refractivity contribution in [3.05, 3.63) is 64.4 Å². The molecule has 19 heavy (non-hydrogen) atoms. The third-order valence-corrected chi connectivity index (χ3v) is 4.28. The van der Waals surface area contributed by atoms with Crippen LogP contribution < -0.4 is 5.73 Å². The van der Waals surface area contributed by atoms with Crippen LogP contribution in [0.15, 0.2) is 53.3 Å². The molecular formula is C16H17BrN2. The Morgan fingerprint density at radius 1 is 1.26 bits per heavy atom. The van der Waals surface area contributed by atoms with E-state index < -0.39 is 0 Å². The van der Waals surface area contributed by atoms with Crippen LogP contribution in [-0.2, 0) is 6.42 Å². The summed E-state index contributed by atoms with van der Waals surface area (Å²) in [5, 5.41) is 0. The molecule has 3 unspecified atom stereocenters. The molecule has 0 aliphatic heterocycles. The fraction of sp³-hybridized carbons (Fsp3) is 0.312. The molecule has 1 aromatic heterocycles. The van der Waals surface area contributed by atoms with E-state index in [1.54, 1.807) is 6.20 Å². The molecule has 2 nitrogen and oxygen atoms in total. The summed E-state index contributed by atoms with van der Waals surface area (Å²) in [5.74, 6) is 1.26. The molecule has 3 atom stereocenters. The molecule has 1 aliphatic carbocycles. The summed E-state index contributed by atoms with van der Waals surface area (Å²) in [6.07, 6.45) is 5.83. The number of aromatic nitrogens is 1. The van der Waals surface area contributed by atoms with Gasteiger partial charge in [-0.3, -0.25) is 4.98 Å². The van der Waals surface area contributed by atoms with Gasteiger partial charge in [-0.25, -0.2) is 0 Å². The second kappa shape index (κ2) is 5.43. The van der Waals surface area contributed by atoms with E-state index >= 15 is 0 Å². The highest BCUT2D eigenvalue weighted by Crippen LogP contribution is 2.49. The summed E-state index contributed by atoms with van der Waals surface area (Å²) in [6.45, 7) is 0. The lowest BCUT2D eigenvalue weighted by molar-refractivity contribution is 0.577. The number of hydrogen-bond acceptors (Lipinski definition) is 2. The van der Waals surface area contributed by atoms with Crippen LogP contribution in [0.4, 0.5) is 0 Å². The summed E-state index contributed by atoms with van der Waals surface area (Å²) >= 11 is 3.45. The molecule has 3 rings (SSSR count). The SMILES string of the molecule is NC(Cc1cncc(Br)c1)C1CC1c1ccccc1. The van der Waals surface area contributed by atoms with Crippen molar-refractivity contribution in [1.82, 2.24) is 4.98 Å². The van der Waals surface area contributed by atoms with Crippen molar-refractivity contribution in [2.75, 3.05) is 0 Å². The van der Waals surface area contributed by atoms with Crippen molar-refractivity contribution in [2.45, 2.75) is 24.8 Å². The van der Waals surface area contributed by atoms with E-state index in [-0.39, 0.29) is 6.04 Å². The van der Waals surface area contributed by atoms with Crippen molar-refractivity contribution in [3.8, 4) is 0 Å². The van der Waals surface area contributed by atoms with Crippen molar-refractivity contribution in [2.24, 2.45) is 11.7 Å². The monoisotopic (exact) mass is 316 g/mol. The summed E-state index contributed by atoms with van der Waals surface area (Å²) < 4.78 is 1.02. The maximum absolute atomic E-state index is 6.35. The van der Waals surface area contributed by atoms with Gasteiger partial charge in [0.15, 0.2) is 0 Å². The molecule has 1 aromatic carbocycles. The number of pyridine rings is 1. The highest BCUT2D eigenvalue weighted by molar-refractivity contribution is 9.10. The highest BCUT2D eigenvalue weighted by atomic mass is 79.9. The largest absolute Gasteiger partial charge is 0.327 e. The van der Waals surface area contributed by atoms with Gasteiger partial charge in [-0.15, -0.1) is 0 Å². The van der Waals surface area contributed by atoms with Crippen LogP contribution in [0.5, 0.6) is 0 Å². The minimum absolute atomic E-state index is 0.223. The predicted octanol–water partition coefficient (Wildman–Crippen LogP) is 3.52. The topological polar surface area (TPSA) is 38.9 Å². The van der Waals surface area contributed by atoms with Gasteiger partial charge in [0.2, 0.25) is 0 Å². The molecule has 1 fully saturated rings. The lowest BCUT2D eigenvalue weighted by Gasteiger charge is -2.11. The Labute approximate surface area is 122 Å². The van der Waals surface area contributed by atoms with Crippen molar-refractivity contribution < 1.29 is 0 Å². The van der Waals surface area contributed by atoms with Gasteiger partial charge in [0.05, 0.1) is 0 Å². The Morgan fingerprint density at radius 2 is 2.05 bits per heavy atom. The van der Waals surface area contributed by atoms with E-state index in [4.69, 9.17) is 5.73 Å². The van der Waals surface area contributed by atoms with E-state index in [2.05, 4.69) is 57.3 Å². The highest BCUT2D eigenvalue weighted by Gasteiger charge is 2.42. The second-order valence-electron chi connectivity index (χ2n) is 5.30. The van der Waals surface area contributed by atoms with Crippen LogP contribution in [0.2, 0.25) is 0 Å². The van der Waals surface area contributed by atoms with Gasteiger partial charge in [-0.1, -0.05) is 30.3 Å². The summed E-state index contributed by atoms with van der Waals surface area (Å²) in [4.78, 5) is 4.19. The van der Waals surface area contributed by atoms with Gasteiger partial charge >= 0.3 is 0 Å². The van der Waals surface area contributed by atoms with E-state index in [0.29, 0.717) is 11.8 Å². The van der Waals surface area contributed by atoms with Gasteiger partial charge in [0.25, 0.3) is 0 Å². The smallest absolute Gasteiger partial charge is 0.0410 e. The summed E-state index contributed by atoms with van der Waals surface area (Å²) in [6, 6.07) is 13.0. The first-order valence-electron chi connectivity index (χ1n) is 6.64. The number of hydrogen-bond donors (Lipinski definition) is 1. The first-order valence-corrected chi connectivity index (χ1v) is 7.43. The van der Waals surface area contributed by atoms with Gasteiger partial charge in [0.1, 0.15) is 0 Å². The predicted molar refractivity (Wildman–Crippen MR) is 80.9 cm³/mol. The molecular weight excluding hydrogens is 300 g/mol. The van der Waals surface area contributed by atoms with Crippen LogP contribution in [-0.4, -0.2) is 11.0 Å². The Balaban J connectivity index is 1.63. The second-order valence-corrected chi connectivity index (χ2v) is 6.21. The van der Waals surface area contributed by atoms with Gasteiger partial charge in [0, 0.05) is 22.9 Å². The molecule has 0 radical (unpaired) electrons. The van der Waals surface area contributed by atoms with Crippen LogP contribution in [0.1, 0.15) is 23.5 Å². The van der Waals surface area contributed by atoms with E-state index in [9.17, 15) is 0 Å². The maximum Gasteiger partial charge on any atom is 0.0410 e. The van der Waals surface area contributed by atoms with Crippen molar-refractivity contribution >= 4 is 15.9 Å². The number of nitrogens with two attached hydrogens (primary N) is 1. The first-order chi connectivity index (χ1) is 9.24. The molecule has 3 heteroatoms. The third kappa shape index (κ3) is 3.04. The van der Waals surface area contributed by atoms with Crippen molar-refractivity contribution in [1.29, 1.82) is 0 Å². The number of nitrogens with zero attached hydrogens (tertiary/aromatic N) is 1. The Kier molecular flexibility index (Phi) is 3.67. The maximum atomic E-state index is 6.35. The molecule has 2 N–H and O–H groups in total. The normalized spacial score (nSPS) is 23.1. The van der Waals surface area contributed by atoms with Gasteiger partial charge in [-0.05, 0) is 57.8 Å². The molecule has 1 saturated carbocycles. The van der Waals surface area contributed by atoms with Crippen LogP contribution >= 0.6 is 15.9 Å². The van der Waals surface area contributed by atoms with Crippen LogP contribution in [0.25, 0.3) is 0 Å². The number of benzene rings is 1. The Morgan fingerprint density at radius 3 is 2.79 bits per heavy atom. The van der Waals surface area contributed by atoms with Crippen LogP contribution in [0, 0.1) is 5.92 Å². The fourth-order valence-electron chi connectivity index (χ4n) is 2.76. The average molecular weight is 317 g/mol. The van der Waals surface area contributed by atoms with Gasteiger partial charge < -0.3 is 5.73 Å². The van der Waals surface area contributed by atoms with Gasteiger partial charge in [-0.2, -0.15) is 0 Å². The standard InChI is InChI=1S/C16H17BrN2/c17-13-6-11(9-19-10-13)7-16(18)15-8-14(15)12-4-2-1-3-5-12/h1-6,9-10,14-16H,7-8,18H2. The average Bonchev–Trinajstić information content (AvgIpc) is 3.20. The number of rotatable bonds is 4. The quantitative estimate of drug-likeness (QED) is 0.937. The first kappa shape index (κ1) is 12.8. The van der Waals surface area contributed by atoms with E-state index in [0.717, 1.165) is 10.9 Å². The Bertz CT molecular complexity index is 556. The molecule has 1 aliphatic rings. The summed E-state index contributed by atoms with van der Waals surface area (Å²) in [5.41, 5.74) is 8.98. The zero-order valence-corrected chi connectivity index (χ0v) is 12.3. The molecule has 98 valence electrons. The Hall–Kier alpha value is -1.19. The van der Waals surface area contributed by atoms with Crippen LogP contribution in [0.3, 0.4) is 0 Å². The third-order valence-electron chi connectivity index (χ3n) is 3.85. The minimum Gasteiger partial charge on any atom is -0.327 e. The zero-order chi connectivity index (χ0) is 13.2. The molecule has 0 spiro atoms. The lowest BCUT2D eigenvalue weighted by atomic mass is 10.0. The van der Waals surface area contributed by atoms with Crippen molar-refractivity contribution in [3.63, 3.8) is 0 Å². The van der Waals surface area contributed by atoms with E-state index in [1.807, 2.05) is 6.20 Å². The molecule has 0 amide bonds. The zero-order valence-electron chi connectivity index (χ0n) is 10.7. The summed E-state index contributed by atoms with van der Waals surface area (Å²) in [7, 11) is 0. The minimum atomic E-state index is 0.223. The lowest BCUT2D eigenvalue weighted by Crippen LogP contribution is -2.26. The molecule has 2 aromatic rings. The molecule has 0 saturated heterocycles. The fourth-order valence-corrected chi connectivity index (χ4v) is 3.17. The molecule has 0 bridgehead atoms. The van der Waals surface area contributed by atoms with E-state index in [1.165, 1.54) is 17.5 Å². The molecule has 1 heterocycles.